The van der Waals surface area contributed by atoms with E-state index in [2.05, 4.69) is 49.4 Å². The summed E-state index contributed by atoms with van der Waals surface area (Å²) in [5.41, 5.74) is 6.68. The van der Waals surface area contributed by atoms with Crippen LogP contribution in [0.15, 0.2) is 48.5 Å². The third-order valence-electron chi connectivity index (χ3n) is 3.73. The second-order valence-electron chi connectivity index (χ2n) is 5.05. The highest BCUT2D eigenvalue weighted by molar-refractivity contribution is 5.82. The molecule has 0 heterocycles. The summed E-state index contributed by atoms with van der Waals surface area (Å²) in [6, 6.07) is 15.2. The summed E-state index contributed by atoms with van der Waals surface area (Å²) in [6.07, 6.45) is 4.55. The van der Waals surface area contributed by atoms with E-state index in [1.54, 1.807) is 7.11 Å². The third-order valence-corrected chi connectivity index (χ3v) is 3.73. The van der Waals surface area contributed by atoms with Gasteiger partial charge < -0.3 is 4.74 Å². The van der Waals surface area contributed by atoms with Gasteiger partial charge in [0.2, 0.25) is 0 Å². The van der Waals surface area contributed by atoms with E-state index < -0.39 is 0 Å². The minimum Gasteiger partial charge on any atom is -0.497 e. The lowest BCUT2D eigenvalue weighted by molar-refractivity contribution is 0.414. The van der Waals surface area contributed by atoms with E-state index in [-0.39, 0.29) is 0 Å². The Labute approximate surface area is 114 Å². The summed E-state index contributed by atoms with van der Waals surface area (Å²) in [5.74, 6) is 0.948. The van der Waals surface area contributed by atoms with Crippen molar-refractivity contribution in [1.29, 1.82) is 0 Å². The number of ether oxygens (including phenoxy) is 1. The van der Waals surface area contributed by atoms with Crippen molar-refractivity contribution < 1.29 is 4.74 Å². The van der Waals surface area contributed by atoms with Gasteiger partial charge >= 0.3 is 0 Å². The molecule has 2 aromatic carbocycles. The fourth-order valence-corrected chi connectivity index (χ4v) is 2.66. The van der Waals surface area contributed by atoms with Crippen LogP contribution >= 0.6 is 0 Å². The van der Waals surface area contributed by atoms with Crippen molar-refractivity contribution in [2.24, 2.45) is 0 Å². The molecule has 19 heavy (non-hydrogen) atoms. The fraction of sp³-hybridized carbons (Fsp3) is 0.222. The van der Waals surface area contributed by atoms with Crippen LogP contribution in [0, 0.1) is 6.92 Å². The lowest BCUT2D eigenvalue weighted by Gasteiger charge is -2.19. The van der Waals surface area contributed by atoms with Crippen molar-refractivity contribution in [1.82, 2.24) is 0 Å². The summed E-state index contributed by atoms with van der Waals surface area (Å²) in [6.45, 7) is 2.12. The molecule has 0 spiro atoms. The molecule has 0 fully saturated rings. The molecule has 0 aromatic heterocycles. The van der Waals surface area contributed by atoms with Gasteiger partial charge in [0.05, 0.1) is 7.11 Å². The summed E-state index contributed by atoms with van der Waals surface area (Å²) >= 11 is 0. The third kappa shape index (κ3) is 2.28. The van der Waals surface area contributed by atoms with Gasteiger partial charge in [-0.2, -0.15) is 0 Å². The maximum atomic E-state index is 5.32. The molecule has 2 aromatic rings. The Bertz CT molecular complexity index is 621. The summed E-state index contributed by atoms with van der Waals surface area (Å²) in [5, 5.41) is 0. The maximum Gasteiger partial charge on any atom is 0.119 e. The van der Waals surface area contributed by atoms with Gasteiger partial charge in [0.15, 0.2) is 0 Å². The standard InChI is InChI=1S/C18H18O/c1-13-6-8-14(9-7-13)17-5-3-4-15-12-16(19-2)10-11-18(15)17/h5-12H,3-4H2,1-2H3. The highest BCUT2D eigenvalue weighted by atomic mass is 16.5. The SMILES string of the molecule is COc1ccc2c(c1)CCC=C2c1ccc(C)cc1. The van der Waals surface area contributed by atoms with Crippen molar-refractivity contribution in [3.63, 3.8) is 0 Å². The molecule has 0 aliphatic heterocycles. The first-order chi connectivity index (χ1) is 9.28. The van der Waals surface area contributed by atoms with E-state index in [0.717, 1.165) is 18.6 Å². The number of aryl methyl sites for hydroxylation is 2. The van der Waals surface area contributed by atoms with Crippen LogP contribution < -0.4 is 4.74 Å². The summed E-state index contributed by atoms with van der Waals surface area (Å²) in [7, 11) is 1.72. The maximum absolute atomic E-state index is 5.32. The summed E-state index contributed by atoms with van der Waals surface area (Å²) in [4.78, 5) is 0. The van der Waals surface area contributed by atoms with Crippen molar-refractivity contribution >= 4 is 5.57 Å². The van der Waals surface area contributed by atoms with Gasteiger partial charge in [0.1, 0.15) is 5.75 Å². The fourth-order valence-electron chi connectivity index (χ4n) is 2.66. The first kappa shape index (κ1) is 12.0. The Kier molecular flexibility index (Phi) is 3.12. The largest absolute Gasteiger partial charge is 0.497 e. The van der Waals surface area contributed by atoms with Gasteiger partial charge in [-0.3, -0.25) is 0 Å². The molecule has 0 bridgehead atoms. The van der Waals surface area contributed by atoms with Gasteiger partial charge in [0, 0.05) is 0 Å². The van der Waals surface area contributed by atoms with Crippen LogP contribution in [-0.4, -0.2) is 7.11 Å². The van der Waals surface area contributed by atoms with Gasteiger partial charge in [0.25, 0.3) is 0 Å². The average molecular weight is 250 g/mol. The van der Waals surface area contributed by atoms with E-state index in [4.69, 9.17) is 4.74 Å². The predicted octanol–water partition coefficient (Wildman–Crippen LogP) is 4.38. The zero-order chi connectivity index (χ0) is 13.2. The Balaban J connectivity index is 2.05. The molecular formula is C18H18O. The molecule has 0 atom stereocenters. The number of benzene rings is 2. The quantitative estimate of drug-likeness (QED) is 0.768. The number of allylic oxidation sites excluding steroid dienone is 1. The highest BCUT2D eigenvalue weighted by Crippen LogP contribution is 2.33. The molecule has 1 heteroatoms. The lowest BCUT2D eigenvalue weighted by atomic mass is 9.86. The Hall–Kier alpha value is -2.02. The molecule has 1 nitrogen and oxygen atoms in total. The van der Waals surface area contributed by atoms with E-state index in [0.29, 0.717) is 0 Å². The zero-order valence-corrected chi connectivity index (χ0v) is 11.4. The van der Waals surface area contributed by atoms with Crippen molar-refractivity contribution in [2.45, 2.75) is 19.8 Å². The second-order valence-corrected chi connectivity index (χ2v) is 5.05. The molecule has 0 radical (unpaired) electrons. The van der Waals surface area contributed by atoms with Crippen LogP contribution in [0.1, 0.15) is 28.7 Å². The zero-order valence-electron chi connectivity index (χ0n) is 11.4. The van der Waals surface area contributed by atoms with E-state index >= 15 is 0 Å². The molecular weight excluding hydrogens is 232 g/mol. The molecule has 1 aliphatic carbocycles. The van der Waals surface area contributed by atoms with Crippen LogP contribution in [-0.2, 0) is 6.42 Å². The Morgan fingerprint density at radius 1 is 1.00 bits per heavy atom. The summed E-state index contributed by atoms with van der Waals surface area (Å²) < 4.78 is 5.32. The smallest absolute Gasteiger partial charge is 0.119 e. The van der Waals surface area contributed by atoms with Crippen LogP contribution in [0.3, 0.4) is 0 Å². The first-order valence-corrected chi connectivity index (χ1v) is 6.72. The average Bonchev–Trinajstić information content (AvgIpc) is 2.47. The second kappa shape index (κ2) is 4.93. The molecule has 1 aliphatic rings. The molecule has 0 saturated heterocycles. The number of fused-ring (bicyclic) bond motifs is 1. The van der Waals surface area contributed by atoms with Crippen LogP contribution in [0.4, 0.5) is 0 Å². The van der Waals surface area contributed by atoms with Crippen molar-refractivity contribution in [3.05, 3.63) is 70.8 Å². The number of hydrogen-bond acceptors (Lipinski definition) is 1. The molecule has 0 saturated carbocycles. The molecule has 0 N–H and O–H groups in total. The van der Waals surface area contributed by atoms with E-state index in [9.17, 15) is 0 Å². The molecule has 0 unspecified atom stereocenters. The van der Waals surface area contributed by atoms with E-state index in [1.165, 1.54) is 27.8 Å². The minimum absolute atomic E-state index is 0.948. The number of hydrogen-bond donors (Lipinski definition) is 0. The van der Waals surface area contributed by atoms with Gasteiger partial charge in [-0.1, -0.05) is 42.0 Å². The molecule has 3 rings (SSSR count). The minimum atomic E-state index is 0.948. The Morgan fingerprint density at radius 2 is 1.79 bits per heavy atom. The first-order valence-electron chi connectivity index (χ1n) is 6.72. The van der Waals surface area contributed by atoms with Crippen molar-refractivity contribution in [3.8, 4) is 5.75 Å². The van der Waals surface area contributed by atoms with Crippen LogP contribution in [0.2, 0.25) is 0 Å². The number of rotatable bonds is 2. The predicted molar refractivity (Wildman–Crippen MR) is 79.6 cm³/mol. The highest BCUT2D eigenvalue weighted by Gasteiger charge is 2.14. The van der Waals surface area contributed by atoms with Crippen LogP contribution in [0.5, 0.6) is 5.75 Å². The van der Waals surface area contributed by atoms with E-state index in [1.807, 2.05) is 6.07 Å². The monoisotopic (exact) mass is 250 g/mol. The number of methoxy groups -OCH3 is 1. The normalized spacial score (nSPS) is 13.7. The molecule has 96 valence electrons. The Morgan fingerprint density at radius 3 is 2.53 bits per heavy atom. The topological polar surface area (TPSA) is 9.23 Å². The molecule has 0 amide bonds. The van der Waals surface area contributed by atoms with Gasteiger partial charge in [-0.05, 0) is 54.2 Å². The lowest BCUT2D eigenvalue weighted by Crippen LogP contribution is -2.01. The van der Waals surface area contributed by atoms with Gasteiger partial charge in [-0.25, -0.2) is 0 Å². The van der Waals surface area contributed by atoms with Gasteiger partial charge in [-0.15, -0.1) is 0 Å². The van der Waals surface area contributed by atoms with Crippen molar-refractivity contribution in [2.75, 3.05) is 7.11 Å². The van der Waals surface area contributed by atoms with Crippen LogP contribution in [0.25, 0.3) is 5.57 Å².